The van der Waals surface area contributed by atoms with Crippen molar-refractivity contribution >= 4 is 29.2 Å². The van der Waals surface area contributed by atoms with Crippen molar-refractivity contribution in [2.24, 2.45) is 0 Å². The Kier molecular flexibility index (Phi) is 5.96. The zero-order chi connectivity index (χ0) is 18.4. The molecular weight excluding hydrogens is 354 g/mol. The highest BCUT2D eigenvalue weighted by Crippen LogP contribution is 2.19. The summed E-state index contributed by atoms with van der Waals surface area (Å²) in [6.45, 7) is 0.711. The Morgan fingerprint density at radius 1 is 1.12 bits per heavy atom. The van der Waals surface area contributed by atoms with E-state index < -0.39 is 0 Å². The van der Waals surface area contributed by atoms with Crippen LogP contribution in [0.2, 0.25) is 5.02 Å². The van der Waals surface area contributed by atoms with Gasteiger partial charge in [-0.1, -0.05) is 17.7 Å². The SMILES string of the molecule is O=C(Nc1ccc(C(=O)NCCOc2cccc(Cl)c2)cc1)NC1CC1. The highest BCUT2D eigenvalue weighted by Gasteiger charge is 2.23. The molecule has 1 aliphatic carbocycles. The number of carbonyl (C=O) groups is 2. The van der Waals surface area contributed by atoms with Gasteiger partial charge in [0.15, 0.2) is 0 Å². The van der Waals surface area contributed by atoms with E-state index in [9.17, 15) is 9.59 Å². The Hall–Kier alpha value is -2.73. The van der Waals surface area contributed by atoms with E-state index in [4.69, 9.17) is 16.3 Å². The van der Waals surface area contributed by atoms with Crippen LogP contribution in [0.3, 0.4) is 0 Å². The number of hydrogen-bond donors (Lipinski definition) is 3. The maximum Gasteiger partial charge on any atom is 0.319 e. The van der Waals surface area contributed by atoms with Gasteiger partial charge in [0, 0.05) is 22.3 Å². The number of anilines is 1. The molecule has 3 amide bonds. The molecule has 3 rings (SSSR count). The molecule has 2 aromatic rings. The quantitative estimate of drug-likeness (QED) is 0.650. The Morgan fingerprint density at radius 2 is 1.88 bits per heavy atom. The number of rotatable bonds is 7. The van der Waals surface area contributed by atoms with Gasteiger partial charge >= 0.3 is 6.03 Å². The Balaban J connectivity index is 1.40. The third-order valence-electron chi connectivity index (χ3n) is 3.77. The third kappa shape index (κ3) is 5.67. The maximum absolute atomic E-state index is 12.1. The molecule has 0 atom stereocenters. The van der Waals surface area contributed by atoms with Crippen LogP contribution in [0.15, 0.2) is 48.5 Å². The molecule has 6 nitrogen and oxygen atoms in total. The normalized spacial score (nSPS) is 13.0. The molecule has 0 unspecified atom stereocenters. The van der Waals surface area contributed by atoms with Gasteiger partial charge in [-0.25, -0.2) is 4.79 Å². The lowest BCUT2D eigenvalue weighted by molar-refractivity contribution is 0.0947. The third-order valence-corrected chi connectivity index (χ3v) is 4.01. The Labute approximate surface area is 156 Å². The summed E-state index contributed by atoms with van der Waals surface area (Å²) in [5, 5.41) is 8.97. The van der Waals surface area contributed by atoms with E-state index in [-0.39, 0.29) is 11.9 Å². The second-order valence-corrected chi connectivity index (χ2v) is 6.45. The van der Waals surface area contributed by atoms with Crippen molar-refractivity contribution in [3.05, 3.63) is 59.1 Å². The van der Waals surface area contributed by atoms with Crippen LogP contribution >= 0.6 is 11.6 Å². The number of ether oxygens (including phenoxy) is 1. The summed E-state index contributed by atoms with van der Waals surface area (Å²) < 4.78 is 5.52. The average molecular weight is 374 g/mol. The summed E-state index contributed by atoms with van der Waals surface area (Å²) in [7, 11) is 0. The molecule has 1 fully saturated rings. The van der Waals surface area contributed by atoms with Gasteiger partial charge in [0.25, 0.3) is 5.91 Å². The van der Waals surface area contributed by atoms with Crippen LogP contribution in [0.4, 0.5) is 10.5 Å². The standard InChI is InChI=1S/C19H20ClN3O3/c20-14-2-1-3-17(12-14)26-11-10-21-18(24)13-4-6-15(7-5-13)22-19(25)23-16-8-9-16/h1-7,12,16H,8-11H2,(H,21,24)(H2,22,23,25). The van der Waals surface area contributed by atoms with Gasteiger partial charge < -0.3 is 20.7 Å². The van der Waals surface area contributed by atoms with Crippen molar-refractivity contribution in [1.29, 1.82) is 0 Å². The number of benzene rings is 2. The van der Waals surface area contributed by atoms with Gasteiger partial charge in [-0.3, -0.25) is 4.79 Å². The zero-order valence-electron chi connectivity index (χ0n) is 14.1. The van der Waals surface area contributed by atoms with Crippen LogP contribution in [-0.2, 0) is 0 Å². The molecule has 136 valence electrons. The highest BCUT2D eigenvalue weighted by molar-refractivity contribution is 6.30. The van der Waals surface area contributed by atoms with E-state index in [0.717, 1.165) is 12.8 Å². The number of urea groups is 1. The fourth-order valence-corrected chi connectivity index (χ4v) is 2.46. The Bertz CT molecular complexity index is 776. The number of nitrogens with one attached hydrogen (secondary N) is 3. The predicted octanol–water partition coefficient (Wildman–Crippen LogP) is 3.43. The van der Waals surface area contributed by atoms with Gasteiger partial charge in [-0.05, 0) is 55.3 Å². The van der Waals surface area contributed by atoms with E-state index >= 15 is 0 Å². The first-order chi connectivity index (χ1) is 12.6. The van der Waals surface area contributed by atoms with Crippen LogP contribution in [-0.4, -0.2) is 31.1 Å². The minimum atomic E-state index is -0.220. The van der Waals surface area contributed by atoms with E-state index in [0.29, 0.717) is 41.2 Å². The second-order valence-electron chi connectivity index (χ2n) is 6.01. The first kappa shape index (κ1) is 18.1. The van der Waals surface area contributed by atoms with Crippen LogP contribution in [0.1, 0.15) is 23.2 Å². The summed E-state index contributed by atoms with van der Waals surface area (Å²) in [6.07, 6.45) is 2.07. The average Bonchev–Trinajstić information content (AvgIpc) is 3.43. The van der Waals surface area contributed by atoms with E-state index in [1.807, 2.05) is 0 Å². The molecule has 0 aliphatic heterocycles. The smallest absolute Gasteiger partial charge is 0.319 e. The van der Waals surface area contributed by atoms with E-state index in [2.05, 4.69) is 16.0 Å². The lowest BCUT2D eigenvalue weighted by Gasteiger charge is -2.09. The largest absolute Gasteiger partial charge is 0.492 e. The van der Waals surface area contributed by atoms with Crippen LogP contribution in [0, 0.1) is 0 Å². The van der Waals surface area contributed by atoms with Crippen LogP contribution in [0.5, 0.6) is 5.75 Å². The highest BCUT2D eigenvalue weighted by atomic mass is 35.5. The summed E-state index contributed by atoms with van der Waals surface area (Å²) in [4.78, 5) is 23.8. The van der Waals surface area contributed by atoms with Crippen molar-refractivity contribution in [3.8, 4) is 5.75 Å². The minimum absolute atomic E-state index is 0.200. The maximum atomic E-state index is 12.1. The fraction of sp³-hybridized carbons (Fsp3) is 0.263. The topological polar surface area (TPSA) is 79.5 Å². The molecule has 0 spiro atoms. The fourth-order valence-electron chi connectivity index (χ4n) is 2.28. The molecule has 7 heteroatoms. The minimum Gasteiger partial charge on any atom is -0.492 e. The lowest BCUT2D eigenvalue weighted by Crippen LogP contribution is -2.30. The second kappa shape index (κ2) is 8.58. The molecule has 0 saturated heterocycles. The first-order valence-corrected chi connectivity index (χ1v) is 8.82. The first-order valence-electron chi connectivity index (χ1n) is 8.44. The number of halogens is 1. The monoisotopic (exact) mass is 373 g/mol. The van der Waals surface area contributed by atoms with E-state index in [1.165, 1.54) is 0 Å². The predicted molar refractivity (Wildman–Crippen MR) is 101 cm³/mol. The number of amides is 3. The molecule has 0 heterocycles. The number of hydrogen-bond acceptors (Lipinski definition) is 3. The van der Waals surface area contributed by atoms with Crippen molar-refractivity contribution in [2.45, 2.75) is 18.9 Å². The van der Waals surface area contributed by atoms with Gasteiger partial charge in [0.1, 0.15) is 12.4 Å². The van der Waals surface area contributed by atoms with Crippen LogP contribution in [0.25, 0.3) is 0 Å². The van der Waals surface area contributed by atoms with Gasteiger partial charge in [0.05, 0.1) is 6.54 Å². The molecule has 1 aliphatic rings. The van der Waals surface area contributed by atoms with Gasteiger partial charge in [-0.15, -0.1) is 0 Å². The molecule has 26 heavy (non-hydrogen) atoms. The molecular formula is C19H20ClN3O3. The molecule has 0 radical (unpaired) electrons. The van der Waals surface area contributed by atoms with E-state index in [1.54, 1.807) is 48.5 Å². The molecule has 1 saturated carbocycles. The summed E-state index contributed by atoms with van der Waals surface area (Å²) in [6, 6.07) is 13.9. The van der Waals surface area contributed by atoms with Crippen molar-refractivity contribution in [3.63, 3.8) is 0 Å². The van der Waals surface area contributed by atoms with Crippen molar-refractivity contribution in [1.82, 2.24) is 10.6 Å². The molecule has 0 aromatic heterocycles. The van der Waals surface area contributed by atoms with Gasteiger partial charge in [0.2, 0.25) is 0 Å². The molecule has 0 bridgehead atoms. The zero-order valence-corrected chi connectivity index (χ0v) is 14.9. The number of carbonyl (C=O) groups excluding carboxylic acids is 2. The Morgan fingerprint density at radius 3 is 2.58 bits per heavy atom. The van der Waals surface area contributed by atoms with Gasteiger partial charge in [-0.2, -0.15) is 0 Å². The molecule has 2 aromatic carbocycles. The summed E-state index contributed by atoms with van der Waals surface area (Å²) in [5.74, 6) is 0.459. The summed E-state index contributed by atoms with van der Waals surface area (Å²) >= 11 is 5.88. The van der Waals surface area contributed by atoms with Crippen LogP contribution < -0.4 is 20.7 Å². The lowest BCUT2D eigenvalue weighted by atomic mass is 10.2. The van der Waals surface area contributed by atoms with Crippen molar-refractivity contribution < 1.29 is 14.3 Å². The summed E-state index contributed by atoms with van der Waals surface area (Å²) in [5.41, 5.74) is 1.16. The van der Waals surface area contributed by atoms with Crippen molar-refractivity contribution in [2.75, 3.05) is 18.5 Å². The molecule has 3 N–H and O–H groups in total.